The molecule has 0 saturated carbocycles. The van der Waals surface area contributed by atoms with Crippen LogP contribution in [0.2, 0.25) is 0 Å². The van der Waals surface area contributed by atoms with Crippen LogP contribution in [0.3, 0.4) is 0 Å². The number of nitrogens with zero attached hydrogens (tertiary/aromatic N) is 7. The first kappa shape index (κ1) is 28.5. The molecule has 39 heavy (non-hydrogen) atoms. The summed E-state index contributed by atoms with van der Waals surface area (Å²) in [6, 6.07) is 3.74. The molecule has 11 heteroatoms. The molecule has 10 nitrogen and oxygen atoms in total. The Morgan fingerprint density at radius 1 is 1.15 bits per heavy atom. The van der Waals surface area contributed by atoms with E-state index in [1.54, 1.807) is 12.4 Å². The first-order valence-electron chi connectivity index (χ1n) is 13.4. The van der Waals surface area contributed by atoms with Crippen LogP contribution in [0.15, 0.2) is 22.9 Å². The first-order chi connectivity index (χ1) is 18.4. The number of pyridine rings is 1. The molecule has 1 aliphatic heterocycles. The summed E-state index contributed by atoms with van der Waals surface area (Å²) in [5, 5.41) is 10.7. The number of hydrogen-bond donors (Lipinski definition) is 1. The minimum absolute atomic E-state index is 0.0578. The smallest absolute Gasteiger partial charge is 0.393 e. The van der Waals surface area contributed by atoms with Crippen molar-refractivity contribution in [2.75, 3.05) is 43.4 Å². The number of halogens is 1. The van der Waals surface area contributed by atoms with Crippen molar-refractivity contribution >= 4 is 17.8 Å². The Morgan fingerprint density at radius 2 is 1.87 bits per heavy atom. The second-order valence-electron chi connectivity index (χ2n) is 11.8. The Labute approximate surface area is 229 Å². The van der Waals surface area contributed by atoms with E-state index in [0.717, 1.165) is 73.8 Å². The number of nitrogens with one attached hydrogen (secondary N) is 1. The first-order valence-corrected chi connectivity index (χ1v) is 13.4. The lowest BCUT2D eigenvalue weighted by atomic mass is 9.84. The minimum Gasteiger partial charge on any atom is -0.393 e. The maximum atomic E-state index is 13.4. The minimum atomic E-state index is -0.983. The second kappa shape index (κ2) is 11.3. The summed E-state index contributed by atoms with van der Waals surface area (Å²) in [6.45, 7) is 15.4. The van der Waals surface area contributed by atoms with Crippen LogP contribution in [-0.2, 0) is 10.2 Å². The van der Waals surface area contributed by atoms with E-state index < -0.39 is 11.6 Å². The topological polar surface area (TPSA) is 113 Å². The van der Waals surface area contributed by atoms with E-state index in [1.807, 2.05) is 26.8 Å². The van der Waals surface area contributed by atoms with Gasteiger partial charge in [-0.15, -0.1) is 9.49 Å². The number of aryl methyl sites for hydroxylation is 1. The standard InChI is InChI=1S/C28H39FN8O2/c1-18-22(28(5,6)16-38)24(32-17-31-18)37-13-10-19(11-14-37)23-20(30-12-15-36(7)27(2,3)4)8-9-21(33-23)25-34-35-26(29)39-25/h8-9,16-17,19,30H,10-15H2,1-7H3. The van der Waals surface area contributed by atoms with Gasteiger partial charge in [-0.3, -0.25) is 4.90 Å². The van der Waals surface area contributed by atoms with Crippen LogP contribution in [0.5, 0.6) is 0 Å². The average molecular weight is 539 g/mol. The van der Waals surface area contributed by atoms with Gasteiger partial charge in [0.15, 0.2) is 0 Å². The number of aromatic nitrogens is 5. The largest absolute Gasteiger partial charge is 0.402 e. The van der Waals surface area contributed by atoms with Gasteiger partial charge in [0.05, 0.1) is 16.8 Å². The van der Waals surface area contributed by atoms with Gasteiger partial charge in [-0.1, -0.05) is 5.10 Å². The van der Waals surface area contributed by atoms with Crippen molar-refractivity contribution in [2.45, 2.75) is 71.3 Å². The predicted molar refractivity (Wildman–Crippen MR) is 148 cm³/mol. The molecule has 1 aliphatic rings. The van der Waals surface area contributed by atoms with Gasteiger partial charge in [-0.2, -0.15) is 0 Å². The molecule has 0 bridgehead atoms. The Morgan fingerprint density at radius 3 is 2.49 bits per heavy atom. The monoisotopic (exact) mass is 538 g/mol. The van der Waals surface area contributed by atoms with Crippen molar-refractivity contribution in [3.05, 3.63) is 41.6 Å². The highest BCUT2D eigenvalue weighted by Crippen LogP contribution is 2.37. The molecule has 0 spiro atoms. The van der Waals surface area contributed by atoms with Gasteiger partial charge in [-0.25, -0.2) is 15.0 Å². The van der Waals surface area contributed by atoms with Gasteiger partial charge in [0.2, 0.25) is 0 Å². The molecule has 4 heterocycles. The van der Waals surface area contributed by atoms with E-state index in [9.17, 15) is 9.18 Å². The highest BCUT2D eigenvalue weighted by molar-refractivity contribution is 5.72. The van der Waals surface area contributed by atoms with Gasteiger partial charge in [0, 0.05) is 48.9 Å². The molecule has 0 atom stereocenters. The molecule has 210 valence electrons. The van der Waals surface area contributed by atoms with E-state index in [1.165, 1.54) is 0 Å². The molecular weight excluding hydrogens is 499 g/mol. The quantitative estimate of drug-likeness (QED) is 0.394. The van der Waals surface area contributed by atoms with E-state index in [2.05, 4.69) is 63.1 Å². The molecule has 3 aromatic heterocycles. The van der Waals surface area contributed by atoms with E-state index in [0.29, 0.717) is 5.69 Å². The van der Waals surface area contributed by atoms with Crippen molar-refractivity contribution in [2.24, 2.45) is 0 Å². The van der Waals surface area contributed by atoms with E-state index in [4.69, 9.17) is 9.40 Å². The number of carbonyl (C=O) groups is 1. The lowest BCUT2D eigenvalue weighted by molar-refractivity contribution is -0.111. The van der Waals surface area contributed by atoms with Crippen LogP contribution in [0.1, 0.15) is 70.3 Å². The van der Waals surface area contributed by atoms with Crippen molar-refractivity contribution in [1.82, 2.24) is 30.0 Å². The SMILES string of the molecule is Cc1ncnc(N2CCC(c3nc(-c4nnc(F)o4)ccc3NCCN(C)C(C)(C)C)CC2)c1C(C)(C)C=O. The molecule has 0 amide bonds. The van der Waals surface area contributed by atoms with E-state index >= 15 is 0 Å². The average Bonchev–Trinajstić information content (AvgIpc) is 3.34. The molecule has 0 radical (unpaired) electrons. The summed E-state index contributed by atoms with van der Waals surface area (Å²) in [5.41, 5.74) is 3.34. The fraction of sp³-hybridized carbons (Fsp3) is 0.571. The molecule has 1 saturated heterocycles. The highest BCUT2D eigenvalue weighted by atomic mass is 19.1. The summed E-state index contributed by atoms with van der Waals surface area (Å²) in [4.78, 5) is 30.2. The molecule has 3 aromatic rings. The molecule has 1 N–H and O–H groups in total. The number of anilines is 2. The summed E-state index contributed by atoms with van der Waals surface area (Å²) in [5.74, 6) is 1.02. The lowest BCUT2D eigenvalue weighted by Gasteiger charge is -2.36. The number of hydrogen-bond acceptors (Lipinski definition) is 10. The van der Waals surface area contributed by atoms with E-state index in [-0.39, 0.29) is 17.3 Å². The van der Waals surface area contributed by atoms with Gasteiger partial charge in [0.1, 0.15) is 24.1 Å². The third-order valence-electron chi connectivity index (χ3n) is 7.59. The lowest BCUT2D eigenvalue weighted by Crippen LogP contribution is -2.40. The zero-order valence-electron chi connectivity index (χ0n) is 24.0. The summed E-state index contributed by atoms with van der Waals surface area (Å²) in [6.07, 6.45) is 3.19. The van der Waals surface area contributed by atoms with Gasteiger partial charge < -0.3 is 19.4 Å². The Hall–Kier alpha value is -3.47. The Bertz CT molecular complexity index is 1290. The number of rotatable bonds is 9. The van der Waals surface area contributed by atoms with Crippen molar-refractivity contribution in [3.8, 4) is 11.6 Å². The van der Waals surface area contributed by atoms with Crippen LogP contribution < -0.4 is 10.2 Å². The van der Waals surface area contributed by atoms with Crippen LogP contribution in [0.4, 0.5) is 15.9 Å². The molecule has 0 aromatic carbocycles. The van der Waals surface area contributed by atoms with Crippen molar-refractivity contribution in [1.29, 1.82) is 0 Å². The summed E-state index contributed by atoms with van der Waals surface area (Å²) in [7, 11) is 2.11. The Balaban J connectivity index is 1.57. The van der Waals surface area contributed by atoms with Crippen molar-refractivity contribution in [3.63, 3.8) is 0 Å². The van der Waals surface area contributed by atoms with Crippen molar-refractivity contribution < 1.29 is 13.6 Å². The van der Waals surface area contributed by atoms with Gasteiger partial charge in [-0.05, 0) is 73.6 Å². The van der Waals surface area contributed by atoms with Crippen LogP contribution >= 0.6 is 0 Å². The normalized spacial score (nSPS) is 15.2. The molecule has 4 rings (SSSR count). The molecule has 1 fully saturated rings. The second-order valence-corrected chi connectivity index (χ2v) is 11.8. The van der Waals surface area contributed by atoms with Crippen LogP contribution in [0, 0.1) is 13.1 Å². The number of piperidine rings is 1. The fourth-order valence-corrected chi connectivity index (χ4v) is 4.94. The predicted octanol–water partition coefficient (Wildman–Crippen LogP) is 4.37. The number of aldehydes is 1. The third-order valence-corrected chi connectivity index (χ3v) is 7.59. The maximum Gasteiger partial charge on any atom is 0.402 e. The fourth-order valence-electron chi connectivity index (χ4n) is 4.94. The highest BCUT2D eigenvalue weighted by Gasteiger charge is 2.32. The Kier molecular flexibility index (Phi) is 8.29. The van der Waals surface area contributed by atoms with Crippen LogP contribution in [-0.4, -0.2) is 75.1 Å². The summed E-state index contributed by atoms with van der Waals surface area (Å²) < 4.78 is 18.5. The van der Waals surface area contributed by atoms with Gasteiger partial charge in [0.25, 0.3) is 5.89 Å². The molecule has 0 aliphatic carbocycles. The third kappa shape index (κ3) is 6.41. The molecule has 0 unspecified atom stereocenters. The zero-order valence-corrected chi connectivity index (χ0v) is 24.0. The zero-order chi connectivity index (χ0) is 28.4. The number of likely N-dealkylation sites (N-methyl/N-ethyl adjacent to an activating group) is 1. The molecular formula is C28H39FN8O2. The summed E-state index contributed by atoms with van der Waals surface area (Å²) >= 11 is 0. The number of carbonyl (C=O) groups excluding carboxylic acids is 1. The van der Waals surface area contributed by atoms with Crippen LogP contribution in [0.25, 0.3) is 11.6 Å². The maximum absolute atomic E-state index is 13.4. The van der Waals surface area contributed by atoms with Gasteiger partial charge >= 0.3 is 6.14 Å².